The SMILES string of the molecule is Cc1c(Cc2ncsc2S(=O)(=O)c2ccccn2)c2cc(F)ccc2n1CC(=O)O.Cc1cc(S(=O)(=O)c2ccccn2)c(Cc2c(C)n(CC(=O)O)c3ccc(F)cc23)s1. The quantitative estimate of drug-likeness (QED) is 0.122. The van der Waals surface area contributed by atoms with Gasteiger partial charge in [-0.15, -0.1) is 22.7 Å². The van der Waals surface area contributed by atoms with Gasteiger partial charge in [-0.2, -0.15) is 0 Å². The molecule has 0 saturated heterocycles. The first-order chi connectivity index (χ1) is 29.0. The van der Waals surface area contributed by atoms with Crippen LogP contribution in [-0.4, -0.2) is 63.1 Å². The number of thiazole rings is 1. The average Bonchev–Trinajstić information content (AvgIpc) is 3.97. The smallest absolute Gasteiger partial charge is 0.323 e. The lowest BCUT2D eigenvalue weighted by atomic mass is 10.1. The second-order valence-corrected chi connectivity index (χ2v) is 20.0. The molecule has 0 fully saturated rings. The highest BCUT2D eigenvalue weighted by atomic mass is 32.2. The Hall–Kier alpha value is -6.15. The number of aromatic nitrogens is 5. The molecule has 61 heavy (non-hydrogen) atoms. The monoisotopic (exact) mass is 903 g/mol. The van der Waals surface area contributed by atoms with Crippen molar-refractivity contribution in [1.29, 1.82) is 0 Å². The Bertz CT molecular complexity index is 3200. The van der Waals surface area contributed by atoms with E-state index in [2.05, 4.69) is 15.0 Å². The maximum absolute atomic E-state index is 14.0. The molecule has 2 aromatic carbocycles. The van der Waals surface area contributed by atoms with Crippen molar-refractivity contribution in [1.82, 2.24) is 24.1 Å². The molecule has 0 radical (unpaired) electrons. The molecule has 2 N–H and O–H groups in total. The molecule has 13 nitrogen and oxygen atoms in total. The second-order valence-electron chi connectivity index (χ2n) is 13.8. The van der Waals surface area contributed by atoms with Crippen LogP contribution >= 0.6 is 22.7 Å². The third-order valence-electron chi connectivity index (χ3n) is 9.96. The second kappa shape index (κ2) is 17.1. The van der Waals surface area contributed by atoms with E-state index >= 15 is 0 Å². The average molecular weight is 904 g/mol. The number of halogens is 2. The van der Waals surface area contributed by atoms with Crippen LogP contribution in [0.4, 0.5) is 8.78 Å². The Balaban J connectivity index is 0.000000184. The van der Waals surface area contributed by atoms with Gasteiger partial charge >= 0.3 is 11.9 Å². The number of pyridine rings is 2. The standard InChI is InChI=1S/C22H19FN2O4S2.C20H16FN3O4S2/c1-13-9-20(31(28,29)21-5-3-4-8-24-21)19(30-13)11-16-14(2)25(12-22(26)27)18-7-6-15(23)10-17(16)18;1-12-14(15-8-13(21)5-6-17(15)24(12)10-19(25)26)9-16-20(29-11-23-16)30(27,28)18-4-2-3-7-22-18/h3-10H,11-12H2,1-2H3,(H,26,27);2-8,11H,9-10H2,1H3,(H,25,26). The predicted molar refractivity (Wildman–Crippen MR) is 225 cm³/mol. The molecule has 8 rings (SSSR count). The molecule has 6 heterocycles. The van der Waals surface area contributed by atoms with Crippen LogP contribution in [0.1, 0.15) is 38.0 Å². The van der Waals surface area contributed by atoms with Crippen LogP contribution in [0, 0.1) is 32.4 Å². The summed E-state index contributed by atoms with van der Waals surface area (Å²) in [6.07, 6.45) is 3.18. The molecule has 0 spiro atoms. The molecule has 0 amide bonds. The normalized spacial score (nSPS) is 11.8. The van der Waals surface area contributed by atoms with Gasteiger partial charge in [0.05, 0.1) is 16.1 Å². The first-order valence-electron chi connectivity index (χ1n) is 18.3. The van der Waals surface area contributed by atoms with Crippen LogP contribution in [0.25, 0.3) is 21.8 Å². The minimum atomic E-state index is -3.86. The van der Waals surface area contributed by atoms with Gasteiger partial charge in [0.2, 0.25) is 19.7 Å². The lowest BCUT2D eigenvalue weighted by Gasteiger charge is -2.07. The molecule has 314 valence electrons. The number of carbonyl (C=O) groups is 2. The van der Waals surface area contributed by atoms with Crippen molar-refractivity contribution in [3.8, 4) is 0 Å². The van der Waals surface area contributed by atoms with E-state index in [0.29, 0.717) is 54.9 Å². The molecule has 0 aliphatic heterocycles. The summed E-state index contributed by atoms with van der Waals surface area (Å²) in [5.74, 6) is -2.94. The summed E-state index contributed by atoms with van der Waals surface area (Å²) in [6.45, 7) is 4.77. The van der Waals surface area contributed by atoms with E-state index in [9.17, 15) is 45.4 Å². The highest BCUT2D eigenvalue weighted by Crippen LogP contribution is 2.36. The van der Waals surface area contributed by atoms with Crippen molar-refractivity contribution in [2.75, 3.05) is 0 Å². The van der Waals surface area contributed by atoms with E-state index in [1.807, 2.05) is 6.92 Å². The zero-order valence-electron chi connectivity index (χ0n) is 32.5. The van der Waals surface area contributed by atoms with E-state index < -0.39 is 43.2 Å². The molecule has 6 aromatic heterocycles. The Morgan fingerprint density at radius 3 is 1.67 bits per heavy atom. The van der Waals surface area contributed by atoms with Gasteiger partial charge in [-0.05, 0) is 98.6 Å². The molecule has 0 aliphatic rings. The fourth-order valence-electron chi connectivity index (χ4n) is 7.20. The predicted octanol–water partition coefficient (Wildman–Crippen LogP) is 7.81. The van der Waals surface area contributed by atoms with Crippen LogP contribution in [0.2, 0.25) is 0 Å². The number of benzene rings is 2. The summed E-state index contributed by atoms with van der Waals surface area (Å²) >= 11 is 2.34. The Kier molecular flexibility index (Phi) is 12.0. The van der Waals surface area contributed by atoms with Crippen molar-refractivity contribution < 1.29 is 45.4 Å². The van der Waals surface area contributed by atoms with Gasteiger partial charge in [-0.25, -0.2) is 40.6 Å². The number of carboxylic acids is 2. The molecule has 8 aromatic rings. The molecule has 19 heteroatoms. The highest BCUT2D eigenvalue weighted by molar-refractivity contribution is 7.93. The van der Waals surface area contributed by atoms with Crippen LogP contribution < -0.4 is 0 Å². The molecule has 0 bridgehead atoms. The van der Waals surface area contributed by atoms with Gasteiger partial charge in [-0.1, -0.05) is 12.1 Å². The fourth-order valence-corrected chi connectivity index (χ4v) is 12.6. The fraction of sp³-hybridized carbons (Fsp3) is 0.167. The van der Waals surface area contributed by atoms with Gasteiger partial charge in [0.25, 0.3) is 0 Å². The van der Waals surface area contributed by atoms with Gasteiger partial charge in [0, 0.05) is 68.2 Å². The summed E-state index contributed by atoms with van der Waals surface area (Å²) in [5.41, 5.74) is 5.53. The Morgan fingerprint density at radius 1 is 0.672 bits per heavy atom. The van der Waals surface area contributed by atoms with Gasteiger partial charge in [0.1, 0.15) is 28.9 Å². The van der Waals surface area contributed by atoms with E-state index in [1.54, 1.807) is 59.4 Å². The van der Waals surface area contributed by atoms with Crippen LogP contribution in [-0.2, 0) is 55.2 Å². The maximum Gasteiger partial charge on any atom is 0.323 e. The lowest BCUT2D eigenvalue weighted by Crippen LogP contribution is -2.10. The number of fused-ring (bicyclic) bond motifs is 2. The van der Waals surface area contributed by atoms with Gasteiger partial charge in [-0.3, -0.25) is 9.59 Å². The van der Waals surface area contributed by atoms with Crippen molar-refractivity contribution in [3.05, 3.63) is 146 Å². The Morgan fingerprint density at radius 2 is 1.18 bits per heavy atom. The molecule has 0 unspecified atom stereocenters. The highest BCUT2D eigenvalue weighted by Gasteiger charge is 2.28. The molecule has 0 atom stereocenters. The number of rotatable bonds is 12. The van der Waals surface area contributed by atoms with Crippen molar-refractivity contribution in [2.24, 2.45) is 0 Å². The number of hydrogen-bond donors (Lipinski definition) is 2. The number of aryl methyl sites for hydroxylation is 1. The van der Waals surface area contributed by atoms with Crippen LogP contribution in [0.15, 0.2) is 116 Å². The van der Waals surface area contributed by atoms with E-state index in [4.69, 9.17) is 0 Å². The Labute approximate surface area is 356 Å². The topological polar surface area (TPSA) is 191 Å². The minimum absolute atomic E-state index is 0.0369. The van der Waals surface area contributed by atoms with Crippen LogP contribution in [0.3, 0.4) is 0 Å². The van der Waals surface area contributed by atoms with Gasteiger partial charge < -0.3 is 19.3 Å². The summed E-state index contributed by atoms with van der Waals surface area (Å²) in [4.78, 5) is 36.4. The molecular weight excluding hydrogens is 869 g/mol. The third-order valence-corrected chi connectivity index (χ3v) is 16.0. The van der Waals surface area contributed by atoms with Crippen molar-refractivity contribution in [3.63, 3.8) is 0 Å². The maximum atomic E-state index is 14.0. The molecule has 0 aliphatic carbocycles. The summed E-state index contributed by atoms with van der Waals surface area (Å²) in [7, 11) is -7.69. The lowest BCUT2D eigenvalue weighted by molar-refractivity contribution is -0.138. The zero-order chi connectivity index (χ0) is 43.8. The number of nitrogens with zero attached hydrogens (tertiary/aromatic N) is 5. The first-order valence-corrected chi connectivity index (χ1v) is 23.0. The van der Waals surface area contributed by atoms with E-state index in [-0.39, 0.29) is 45.1 Å². The largest absolute Gasteiger partial charge is 0.480 e. The van der Waals surface area contributed by atoms with Crippen LogP contribution in [0.5, 0.6) is 0 Å². The third kappa shape index (κ3) is 8.59. The van der Waals surface area contributed by atoms with Gasteiger partial charge in [0.15, 0.2) is 10.1 Å². The number of aliphatic carboxylic acids is 2. The number of carboxylic acid groups (broad SMARTS) is 2. The minimum Gasteiger partial charge on any atom is -0.480 e. The summed E-state index contributed by atoms with van der Waals surface area (Å²) in [5, 5.41) is 19.6. The first kappa shape index (κ1) is 43.0. The number of thiophene rings is 1. The number of hydrogen-bond acceptors (Lipinski definition) is 11. The summed E-state index contributed by atoms with van der Waals surface area (Å²) < 4.78 is 83.7. The number of sulfone groups is 2. The molecular formula is C42H35F2N5O8S4. The summed E-state index contributed by atoms with van der Waals surface area (Å²) in [6, 6.07) is 19.3. The van der Waals surface area contributed by atoms with E-state index in [1.165, 1.54) is 71.7 Å². The zero-order valence-corrected chi connectivity index (χ0v) is 35.8. The van der Waals surface area contributed by atoms with E-state index in [0.717, 1.165) is 16.2 Å². The van der Waals surface area contributed by atoms with Crippen molar-refractivity contribution in [2.45, 2.75) is 65.9 Å². The molecule has 0 saturated carbocycles. The van der Waals surface area contributed by atoms with Crippen molar-refractivity contribution >= 4 is 76.1 Å².